The fraction of sp³-hybridized carbons (Fsp3) is 0.667. The van der Waals surface area contributed by atoms with E-state index in [1.54, 1.807) is 5.57 Å². The smallest absolute Gasteiger partial charge is 0.0216 e. The first-order valence-corrected chi connectivity index (χ1v) is 4.12. The SMILES string of the molecule is C1=C2CSCC2CN1. The molecule has 8 heavy (non-hydrogen) atoms. The standard InChI is InChI=1S/C6H9NS/c1-5-3-8-4-6(5)2-7-1/h1,6-7H,2-4H2. The van der Waals surface area contributed by atoms with Gasteiger partial charge in [0.2, 0.25) is 0 Å². The van der Waals surface area contributed by atoms with Crippen molar-refractivity contribution in [3.05, 3.63) is 11.8 Å². The van der Waals surface area contributed by atoms with Crippen molar-refractivity contribution in [2.75, 3.05) is 18.1 Å². The zero-order valence-electron chi connectivity index (χ0n) is 4.68. The minimum atomic E-state index is 0.889. The van der Waals surface area contributed by atoms with Crippen LogP contribution in [0.25, 0.3) is 0 Å². The van der Waals surface area contributed by atoms with E-state index in [-0.39, 0.29) is 0 Å². The molecule has 2 heteroatoms. The van der Waals surface area contributed by atoms with Crippen LogP contribution in [0.4, 0.5) is 0 Å². The van der Waals surface area contributed by atoms with E-state index in [4.69, 9.17) is 0 Å². The van der Waals surface area contributed by atoms with E-state index in [0.717, 1.165) is 5.92 Å². The van der Waals surface area contributed by atoms with E-state index < -0.39 is 0 Å². The number of nitrogens with one attached hydrogen (secondary N) is 1. The summed E-state index contributed by atoms with van der Waals surface area (Å²) in [4.78, 5) is 0. The van der Waals surface area contributed by atoms with Gasteiger partial charge >= 0.3 is 0 Å². The molecule has 1 fully saturated rings. The average molecular weight is 127 g/mol. The summed E-state index contributed by atoms with van der Waals surface area (Å²) >= 11 is 2.06. The van der Waals surface area contributed by atoms with Gasteiger partial charge in [-0.2, -0.15) is 11.8 Å². The predicted octanol–water partition coefficient (Wildman–Crippen LogP) is 0.837. The van der Waals surface area contributed by atoms with Crippen LogP contribution in [-0.2, 0) is 0 Å². The van der Waals surface area contributed by atoms with Gasteiger partial charge in [-0.15, -0.1) is 0 Å². The van der Waals surface area contributed by atoms with E-state index in [2.05, 4.69) is 23.3 Å². The van der Waals surface area contributed by atoms with Gasteiger partial charge in [0, 0.05) is 24.0 Å². The third-order valence-corrected chi connectivity index (χ3v) is 2.94. The Labute approximate surface area is 53.5 Å². The van der Waals surface area contributed by atoms with Crippen molar-refractivity contribution >= 4 is 11.8 Å². The summed E-state index contributed by atoms with van der Waals surface area (Å²) in [6.07, 6.45) is 2.19. The number of thioether (sulfide) groups is 1. The number of fused-ring (bicyclic) bond motifs is 1. The Bertz CT molecular complexity index is 130. The predicted molar refractivity (Wildman–Crippen MR) is 36.9 cm³/mol. The van der Waals surface area contributed by atoms with E-state index in [1.807, 2.05) is 0 Å². The van der Waals surface area contributed by atoms with Crippen molar-refractivity contribution in [3.63, 3.8) is 0 Å². The van der Waals surface area contributed by atoms with Gasteiger partial charge in [-0.1, -0.05) is 0 Å². The highest BCUT2D eigenvalue weighted by molar-refractivity contribution is 7.99. The number of hydrogen-bond donors (Lipinski definition) is 1. The zero-order chi connectivity index (χ0) is 5.40. The summed E-state index contributed by atoms with van der Waals surface area (Å²) < 4.78 is 0. The van der Waals surface area contributed by atoms with Gasteiger partial charge in [0.25, 0.3) is 0 Å². The van der Waals surface area contributed by atoms with Gasteiger partial charge in [0.1, 0.15) is 0 Å². The summed E-state index contributed by atoms with van der Waals surface area (Å²) in [7, 11) is 0. The van der Waals surface area contributed by atoms with Crippen LogP contribution in [0.15, 0.2) is 11.8 Å². The van der Waals surface area contributed by atoms with Crippen molar-refractivity contribution in [2.24, 2.45) is 5.92 Å². The minimum Gasteiger partial charge on any atom is -0.390 e. The Morgan fingerprint density at radius 1 is 1.75 bits per heavy atom. The molecule has 0 aromatic heterocycles. The highest BCUT2D eigenvalue weighted by Crippen LogP contribution is 2.30. The molecule has 1 N–H and O–H groups in total. The van der Waals surface area contributed by atoms with Crippen molar-refractivity contribution in [1.29, 1.82) is 0 Å². The summed E-state index contributed by atoms with van der Waals surface area (Å²) in [6, 6.07) is 0. The second-order valence-electron chi connectivity index (χ2n) is 2.34. The van der Waals surface area contributed by atoms with Crippen LogP contribution in [0.1, 0.15) is 0 Å². The maximum absolute atomic E-state index is 3.25. The van der Waals surface area contributed by atoms with E-state index >= 15 is 0 Å². The molecule has 2 rings (SSSR count). The van der Waals surface area contributed by atoms with Crippen molar-refractivity contribution in [3.8, 4) is 0 Å². The molecular weight excluding hydrogens is 118 g/mol. The van der Waals surface area contributed by atoms with Crippen LogP contribution in [0.3, 0.4) is 0 Å². The molecule has 0 bridgehead atoms. The topological polar surface area (TPSA) is 12.0 Å². The van der Waals surface area contributed by atoms with Gasteiger partial charge in [0.05, 0.1) is 0 Å². The maximum Gasteiger partial charge on any atom is 0.0216 e. The highest BCUT2D eigenvalue weighted by atomic mass is 32.2. The summed E-state index contributed by atoms with van der Waals surface area (Å²) in [6.45, 7) is 1.20. The molecule has 1 unspecified atom stereocenters. The van der Waals surface area contributed by atoms with E-state index in [0.29, 0.717) is 0 Å². The van der Waals surface area contributed by atoms with Crippen LogP contribution in [0.5, 0.6) is 0 Å². The lowest BCUT2D eigenvalue weighted by Crippen LogP contribution is -2.09. The summed E-state index contributed by atoms with van der Waals surface area (Å²) in [5, 5.41) is 3.25. The van der Waals surface area contributed by atoms with E-state index in [1.165, 1.54) is 18.1 Å². The van der Waals surface area contributed by atoms with Gasteiger partial charge < -0.3 is 5.32 Å². The molecule has 2 heterocycles. The molecule has 0 amide bonds. The van der Waals surface area contributed by atoms with Crippen LogP contribution >= 0.6 is 11.8 Å². The molecule has 2 aliphatic heterocycles. The quantitative estimate of drug-likeness (QED) is 0.517. The zero-order valence-corrected chi connectivity index (χ0v) is 5.50. The van der Waals surface area contributed by atoms with Crippen LogP contribution < -0.4 is 5.32 Å². The molecule has 0 aliphatic carbocycles. The molecular formula is C6H9NS. The minimum absolute atomic E-state index is 0.889. The Hall–Kier alpha value is -0.110. The lowest BCUT2D eigenvalue weighted by molar-refractivity contribution is 0.721. The highest BCUT2D eigenvalue weighted by Gasteiger charge is 2.23. The molecule has 1 nitrogen and oxygen atoms in total. The van der Waals surface area contributed by atoms with Crippen molar-refractivity contribution in [1.82, 2.24) is 5.32 Å². The number of hydrogen-bond acceptors (Lipinski definition) is 2. The Kier molecular flexibility index (Phi) is 1.00. The van der Waals surface area contributed by atoms with Crippen LogP contribution in [0, 0.1) is 5.92 Å². The van der Waals surface area contributed by atoms with Gasteiger partial charge in [-0.05, 0) is 11.8 Å². The Morgan fingerprint density at radius 2 is 2.75 bits per heavy atom. The average Bonchev–Trinajstić information content (AvgIpc) is 2.15. The fourth-order valence-electron chi connectivity index (χ4n) is 1.23. The molecule has 0 saturated carbocycles. The monoisotopic (exact) mass is 127 g/mol. The van der Waals surface area contributed by atoms with Gasteiger partial charge in [0.15, 0.2) is 0 Å². The second kappa shape index (κ2) is 1.69. The third kappa shape index (κ3) is 0.558. The maximum atomic E-state index is 3.25. The molecule has 0 aromatic carbocycles. The molecule has 2 aliphatic rings. The Balaban J connectivity index is 2.20. The van der Waals surface area contributed by atoms with Crippen molar-refractivity contribution in [2.45, 2.75) is 0 Å². The first-order valence-electron chi connectivity index (χ1n) is 2.97. The molecule has 1 atom stereocenters. The second-order valence-corrected chi connectivity index (χ2v) is 3.37. The first kappa shape index (κ1) is 4.74. The Morgan fingerprint density at radius 3 is 3.62 bits per heavy atom. The third-order valence-electron chi connectivity index (χ3n) is 1.76. The molecule has 1 saturated heterocycles. The summed E-state index contributed by atoms with van der Waals surface area (Å²) in [5.41, 5.74) is 1.63. The van der Waals surface area contributed by atoms with Crippen molar-refractivity contribution < 1.29 is 0 Å². The lowest BCUT2D eigenvalue weighted by Gasteiger charge is -1.97. The van der Waals surface area contributed by atoms with Crippen LogP contribution in [-0.4, -0.2) is 18.1 Å². The molecule has 0 radical (unpaired) electrons. The van der Waals surface area contributed by atoms with Crippen LogP contribution in [0.2, 0.25) is 0 Å². The molecule has 0 spiro atoms. The largest absolute Gasteiger partial charge is 0.390 e. The molecule has 0 aromatic rings. The summed E-state index contributed by atoms with van der Waals surface area (Å²) in [5.74, 6) is 3.51. The number of rotatable bonds is 0. The lowest BCUT2D eigenvalue weighted by atomic mass is 10.1. The van der Waals surface area contributed by atoms with Gasteiger partial charge in [-0.25, -0.2) is 0 Å². The van der Waals surface area contributed by atoms with Gasteiger partial charge in [-0.3, -0.25) is 0 Å². The van der Waals surface area contributed by atoms with E-state index in [9.17, 15) is 0 Å². The first-order chi connectivity index (χ1) is 3.97. The molecule has 44 valence electrons. The fourth-order valence-corrected chi connectivity index (χ4v) is 2.51. The normalized spacial score (nSPS) is 34.0.